The zero-order valence-corrected chi connectivity index (χ0v) is 10.4. The summed E-state index contributed by atoms with van der Waals surface area (Å²) in [5.74, 6) is -4.36. The lowest BCUT2D eigenvalue weighted by Crippen LogP contribution is -2.41. The molecule has 1 aliphatic heterocycles. The predicted octanol–water partition coefficient (Wildman–Crippen LogP) is 2.18. The summed E-state index contributed by atoms with van der Waals surface area (Å²) in [4.78, 5) is 11.2. The van der Waals surface area contributed by atoms with E-state index in [2.05, 4.69) is 10.6 Å². The lowest BCUT2D eigenvalue weighted by Gasteiger charge is -2.27. The number of hydrogen-bond acceptors (Lipinski definition) is 3. The van der Waals surface area contributed by atoms with E-state index < -0.39 is 24.3 Å². The fourth-order valence-corrected chi connectivity index (χ4v) is 1.99. The van der Waals surface area contributed by atoms with Gasteiger partial charge >= 0.3 is 12.3 Å². The summed E-state index contributed by atoms with van der Waals surface area (Å²) < 4.78 is 56.9. The van der Waals surface area contributed by atoms with E-state index in [9.17, 15) is 22.4 Å². The molecular formula is C12H12F4N2O2. The molecule has 0 bridgehead atoms. The van der Waals surface area contributed by atoms with Crippen molar-refractivity contribution in [3.8, 4) is 5.75 Å². The van der Waals surface area contributed by atoms with Crippen molar-refractivity contribution in [3.63, 3.8) is 0 Å². The first-order valence-corrected chi connectivity index (χ1v) is 5.76. The predicted molar refractivity (Wildman–Crippen MR) is 63.3 cm³/mol. The molecule has 0 aliphatic carbocycles. The Kier molecular flexibility index (Phi) is 3.85. The van der Waals surface area contributed by atoms with Crippen LogP contribution in [0, 0.1) is 0 Å². The van der Waals surface area contributed by atoms with Crippen molar-refractivity contribution in [2.24, 2.45) is 0 Å². The van der Waals surface area contributed by atoms with Crippen molar-refractivity contribution in [2.75, 3.05) is 19.0 Å². The molecule has 0 saturated carbocycles. The third-order valence-electron chi connectivity index (χ3n) is 2.93. The molecule has 1 unspecified atom stereocenters. The number of benzene rings is 1. The first-order valence-electron chi connectivity index (χ1n) is 5.76. The molecule has 110 valence electrons. The molecule has 0 saturated heterocycles. The van der Waals surface area contributed by atoms with Crippen LogP contribution in [0.1, 0.15) is 11.6 Å². The van der Waals surface area contributed by atoms with Crippen LogP contribution in [0.15, 0.2) is 18.2 Å². The average molecular weight is 292 g/mol. The first-order chi connectivity index (χ1) is 9.36. The summed E-state index contributed by atoms with van der Waals surface area (Å²) in [5, 5.41) is 4.61. The molecule has 0 spiro atoms. The van der Waals surface area contributed by atoms with Gasteiger partial charge in [-0.05, 0) is 24.7 Å². The average Bonchev–Trinajstić information content (AvgIpc) is 2.38. The van der Waals surface area contributed by atoms with E-state index in [4.69, 9.17) is 4.74 Å². The van der Waals surface area contributed by atoms with Crippen molar-refractivity contribution < 1.29 is 27.1 Å². The van der Waals surface area contributed by atoms with E-state index in [1.807, 2.05) is 0 Å². The van der Waals surface area contributed by atoms with E-state index in [0.717, 1.165) is 7.05 Å². The summed E-state index contributed by atoms with van der Waals surface area (Å²) in [6, 6.07) is 1.94. The van der Waals surface area contributed by atoms with E-state index in [-0.39, 0.29) is 17.9 Å². The molecule has 20 heavy (non-hydrogen) atoms. The maximum atomic E-state index is 13.5. The van der Waals surface area contributed by atoms with Crippen LogP contribution >= 0.6 is 0 Å². The number of nitrogens with one attached hydrogen (secondary N) is 2. The Hall–Kier alpha value is -1.83. The number of rotatable bonds is 4. The molecule has 1 amide bonds. The molecule has 0 aromatic heterocycles. The molecular weight excluding hydrogens is 280 g/mol. The summed E-state index contributed by atoms with van der Waals surface area (Å²) in [6.07, 6.45) is -3.80. The second kappa shape index (κ2) is 5.28. The number of halogens is 4. The van der Waals surface area contributed by atoms with Gasteiger partial charge in [-0.1, -0.05) is 6.07 Å². The summed E-state index contributed by atoms with van der Waals surface area (Å²) in [7, 11) is 1.16. The SMILES string of the molecule is CNC(c1ccc2c(c1)NC(=O)CO2)C(F)(F)C(F)F. The van der Waals surface area contributed by atoms with Gasteiger partial charge in [0.2, 0.25) is 0 Å². The topological polar surface area (TPSA) is 50.4 Å². The van der Waals surface area contributed by atoms with E-state index >= 15 is 0 Å². The lowest BCUT2D eigenvalue weighted by molar-refractivity contribution is -0.150. The third kappa shape index (κ3) is 2.55. The molecule has 1 heterocycles. The fourth-order valence-electron chi connectivity index (χ4n) is 1.99. The molecule has 1 atom stereocenters. The highest BCUT2D eigenvalue weighted by Crippen LogP contribution is 2.39. The molecule has 2 N–H and O–H groups in total. The van der Waals surface area contributed by atoms with Crippen molar-refractivity contribution in [3.05, 3.63) is 23.8 Å². The number of ether oxygens (including phenoxy) is 1. The lowest BCUT2D eigenvalue weighted by atomic mass is 9.99. The Bertz CT molecular complexity index is 522. The third-order valence-corrected chi connectivity index (χ3v) is 2.93. The normalized spacial score (nSPS) is 16.4. The van der Waals surface area contributed by atoms with Crippen LogP contribution < -0.4 is 15.4 Å². The Morgan fingerprint density at radius 1 is 1.40 bits per heavy atom. The smallest absolute Gasteiger partial charge is 0.326 e. The number of carbonyl (C=O) groups is 1. The van der Waals surface area contributed by atoms with Gasteiger partial charge in [-0.15, -0.1) is 0 Å². The summed E-state index contributed by atoms with van der Waals surface area (Å²) in [5.41, 5.74) is 0.117. The Labute approximate surface area is 112 Å². The molecule has 2 rings (SSSR count). The van der Waals surface area contributed by atoms with Gasteiger partial charge in [0.25, 0.3) is 5.91 Å². The maximum Gasteiger partial charge on any atom is 0.326 e. The van der Waals surface area contributed by atoms with E-state index in [0.29, 0.717) is 5.75 Å². The number of fused-ring (bicyclic) bond motifs is 1. The molecule has 1 aliphatic rings. The van der Waals surface area contributed by atoms with Crippen LogP contribution in [0.2, 0.25) is 0 Å². The number of hydrogen-bond donors (Lipinski definition) is 2. The van der Waals surface area contributed by atoms with Gasteiger partial charge in [0.15, 0.2) is 6.61 Å². The van der Waals surface area contributed by atoms with Crippen molar-refractivity contribution in [2.45, 2.75) is 18.4 Å². The minimum Gasteiger partial charge on any atom is -0.482 e. The highest BCUT2D eigenvalue weighted by molar-refractivity contribution is 5.95. The molecule has 1 aromatic carbocycles. The van der Waals surface area contributed by atoms with Gasteiger partial charge in [0.1, 0.15) is 11.8 Å². The van der Waals surface area contributed by atoms with Crippen LogP contribution in [0.4, 0.5) is 23.2 Å². The van der Waals surface area contributed by atoms with Gasteiger partial charge in [0, 0.05) is 0 Å². The minimum atomic E-state index is -4.23. The zero-order valence-electron chi connectivity index (χ0n) is 10.4. The molecule has 0 fully saturated rings. The Morgan fingerprint density at radius 3 is 2.70 bits per heavy atom. The fraction of sp³-hybridized carbons (Fsp3) is 0.417. The molecule has 1 aromatic rings. The van der Waals surface area contributed by atoms with Crippen LogP contribution in [-0.2, 0) is 4.79 Å². The largest absolute Gasteiger partial charge is 0.482 e. The van der Waals surface area contributed by atoms with Crippen LogP contribution in [0.3, 0.4) is 0 Å². The zero-order chi connectivity index (χ0) is 14.9. The Balaban J connectivity index is 2.36. The van der Waals surface area contributed by atoms with E-state index in [1.54, 1.807) is 0 Å². The van der Waals surface area contributed by atoms with Crippen LogP contribution in [0.25, 0.3) is 0 Å². The number of amides is 1. The van der Waals surface area contributed by atoms with Gasteiger partial charge < -0.3 is 15.4 Å². The number of anilines is 1. The highest BCUT2D eigenvalue weighted by atomic mass is 19.3. The van der Waals surface area contributed by atoms with Crippen molar-refractivity contribution in [1.82, 2.24) is 5.32 Å². The van der Waals surface area contributed by atoms with Gasteiger partial charge in [0.05, 0.1) is 5.69 Å². The number of carbonyl (C=O) groups excluding carboxylic acids is 1. The summed E-state index contributed by atoms with van der Waals surface area (Å²) >= 11 is 0. The maximum absolute atomic E-state index is 13.5. The van der Waals surface area contributed by atoms with E-state index in [1.165, 1.54) is 18.2 Å². The minimum absolute atomic E-state index is 0.0673. The van der Waals surface area contributed by atoms with Crippen molar-refractivity contribution in [1.29, 1.82) is 0 Å². The van der Waals surface area contributed by atoms with Gasteiger partial charge in [-0.25, -0.2) is 8.78 Å². The summed E-state index contributed by atoms with van der Waals surface area (Å²) in [6.45, 7) is -0.172. The molecule has 0 radical (unpaired) electrons. The number of alkyl halides is 4. The molecule has 4 nitrogen and oxygen atoms in total. The standard InChI is InChI=1S/C12H12F4N2O2/c1-17-10(12(15,16)11(13)14)6-2-3-8-7(4-6)18-9(19)5-20-8/h2-4,10-11,17H,5H2,1H3,(H,18,19). The first kappa shape index (κ1) is 14.6. The Morgan fingerprint density at radius 2 is 2.10 bits per heavy atom. The second-order valence-corrected chi connectivity index (χ2v) is 4.29. The van der Waals surface area contributed by atoms with Crippen molar-refractivity contribution >= 4 is 11.6 Å². The van der Waals surface area contributed by atoms with Crippen LogP contribution in [-0.4, -0.2) is 31.9 Å². The van der Waals surface area contributed by atoms with Gasteiger partial charge in [-0.3, -0.25) is 4.79 Å². The van der Waals surface area contributed by atoms with Gasteiger partial charge in [-0.2, -0.15) is 8.78 Å². The van der Waals surface area contributed by atoms with Crippen LogP contribution in [0.5, 0.6) is 5.75 Å². The highest BCUT2D eigenvalue weighted by Gasteiger charge is 2.49. The second-order valence-electron chi connectivity index (χ2n) is 4.29. The molecule has 8 heteroatoms. The monoisotopic (exact) mass is 292 g/mol. The quantitative estimate of drug-likeness (QED) is 0.836.